The molecule has 0 saturated carbocycles. The first-order chi connectivity index (χ1) is 4.65. The first kappa shape index (κ1) is 12.1. The fraction of sp³-hybridized carbons (Fsp3) is 0.750. The van der Waals surface area contributed by atoms with Gasteiger partial charge in [-0.1, -0.05) is 0 Å². The van der Waals surface area contributed by atoms with Crippen LogP contribution in [-0.2, 0) is 0 Å². The molecule has 0 bridgehead atoms. The van der Waals surface area contributed by atoms with E-state index in [0.29, 0.717) is 12.8 Å². The summed E-state index contributed by atoms with van der Waals surface area (Å²) in [7, 11) is -2.17. The molecule has 4 nitrogen and oxygen atoms in total. The van der Waals surface area contributed by atoms with Gasteiger partial charge in [0.05, 0.1) is 12.7 Å². The maximum atomic E-state index is 11.0. The molecule has 0 atom stereocenters. The van der Waals surface area contributed by atoms with Crippen LogP contribution in [-0.4, -0.2) is 29.1 Å². The molecule has 0 aromatic heterocycles. The summed E-state index contributed by atoms with van der Waals surface area (Å²) < 4.78 is 11.0. The summed E-state index contributed by atoms with van der Waals surface area (Å²) in [5.41, 5.74) is 0. The van der Waals surface area contributed by atoms with E-state index < -0.39 is 7.32 Å². The second-order valence-corrected chi connectivity index (χ2v) is 1.30. The van der Waals surface area contributed by atoms with Gasteiger partial charge in [0.15, 0.2) is 0 Å². The van der Waals surface area contributed by atoms with Gasteiger partial charge in [-0.15, -0.1) is 0 Å². The standard InChI is InChI=1S/C4H6FN.BH3O3/c5-3-1-2-4-6;2-1(3)4/h1-3H2;2-4H. The lowest BCUT2D eigenvalue weighted by Gasteiger charge is -1.74. The van der Waals surface area contributed by atoms with Gasteiger partial charge in [-0.3, -0.25) is 4.39 Å². The first-order valence-corrected chi connectivity index (χ1v) is 2.62. The smallest absolute Gasteiger partial charge is 0.402 e. The van der Waals surface area contributed by atoms with Crippen molar-refractivity contribution in [3.8, 4) is 6.07 Å². The molecule has 3 N–H and O–H groups in total. The average molecular weight is 149 g/mol. The highest BCUT2D eigenvalue weighted by Crippen LogP contribution is 1.83. The normalized spacial score (nSPS) is 7.10. The number of rotatable bonds is 2. The van der Waals surface area contributed by atoms with E-state index in [2.05, 4.69) is 0 Å². The summed E-state index contributed by atoms with van der Waals surface area (Å²) in [6, 6.07) is 1.83. The van der Waals surface area contributed by atoms with Gasteiger partial charge < -0.3 is 15.1 Å². The molecule has 0 heterocycles. The van der Waals surface area contributed by atoms with Crippen molar-refractivity contribution in [2.45, 2.75) is 12.8 Å². The highest BCUT2D eigenvalue weighted by atomic mass is 19.1. The molecule has 6 heteroatoms. The minimum Gasteiger partial charge on any atom is -0.402 e. The van der Waals surface area contributed by atoms with Crippen molar-refractivity contribution in [3.05, 3.63) is 0 Å². The summed E-state index contributed by atoms with van der Waals surface area (Å²) in [5.74, 6) is 0. The van der Waals surface area contributed by atoms with Crippen LogP contribution in [0.25, 0.3) is 0 Å². The third-order valence-electron chi connectivity index (χ3n) is 0.422. The molecule has 0 spiro atoms. The van der Waals surface area contributed by atoms with E-state index in [1.165, 1.54) is 0 Å². The second kappa shape index (κ2) is 11.2. The van der Waals surface area contributed by atoms with Crippen molar-refractivity contribution in [2.75, 3.05) is 6.67 Å². The van der Waals surface area contributed by atoms with E-state index in [1.807, 2.05) is 6.07 Å². The average Bonchev–Trinajstić information content (AvgIpc) is 1.82. The molecule has 10 heavy (non-hydrogen) atoms. The Kier molecular flexibility index (Phi) is 13.5. The molecule has 0 saturated heterocycles. The van der Waals surface area contributed by atoms with Crippen LogP contribution in [0.2, 0.25) is 0 Å². The Morgan fingerprint density at radius 3 is 1.90 bits per heavy atom. The first-order valence-electron chi connectivity index (χ1n) is 2.62. The van der Waals surface area contributed by atoms with Crippen molar-refractivity contribution < 1.29 is 19.5 Å². The minimum atomic E-state index is -2.17. The number of alkyl halides is 1. The SMILES string of the molecule is N#CCCCF.OB(O)O. The van der Waals surface area contributed by atoms with Crippen LogP contribution in [0.1, 0.15) is 12.8 Å². The zero-order valence-electron chi connectivity index (χ0n) is 5.37. The number of halogens is 1. The van der Waals surface area contributed by atoms with Crippen molar-refractivity contribution in [2.24, 2.45) is 0 Å². The lowest BCUT2D eigenvalue weighted by molar-refractivity contribution is 0.278. The van der Waals surface area contributed by atoms with E-state index in [9.17, 15) is 4.39 Å². The molecule has 0 rings (SSSR count). The van der Waals surface area contributed by atoms with Crippen LogP contribution in [0.5, 0.6) is 0 Å². The van der Waals surface area contributed by atoms with Gasteiger partial charge in [-0.25, -0.2) is 0 Å². The highest BCUT2D eigenvalue weighted by molar-refractivity contribution is 6.30. The fourth-order valence-corrected chi connectivity index (χ4v) is 0.146. The Labute approximate surface area is 58.7 Å². The third kappa shape index (κ3) is 53.3. The van der Waals surface area contributed by atoms with Gasteiger partial charge >= 0.3 is 7.32 Å². The zero-order chi connectivity index (χ0) is 8.41. The minimum absolute atomic E-state index is 0.344. The Morgan fingerprint density at radius 1 is 1.40 bits per heavy atom. The molecule has 0 unspecified atom stereocenters. The number of nitrogens with zero attached hydrogens (tertiary/aromatic N) is 1. The maximum absolute atomic E-state index is 11.0. The van der Waals surface area contributed by atoms with Gasteiger partial charge in [-0.2, -0.15) is 5.26 Å². The summed E-state index contributed by atoms with van der Waals surface area (Å²) >= 11 is 0. The Balaban J connectivity index is 0. The van der Waals surface area contributed by atoms with Gasteiger partial charge in [0.25, 0.3) is 0 Å². The lowest BCUT2D eigenvalue weighted by Crippen LogP contribution is -2.07. The molecule has 0 radical (unpaired) electrons. The van der Waals surface area contributed by atoms with Crippen molar-refractivity contribution in [1.29, 1.82) is 5.26 Å². The molecule has 0 fully saturated rings. The zero-order valence-corrected chi connectivity index (χ0v) is 5.37. The van der Waals surface area contributed by atoms with Crippen molar-refractivity contribution >= 4 is 7.32 Å². The van der Waals surface area contributed by atoms with Crippen LogP contribution >= 0.6 is 0 Å². The van der Waals surface area contributed by atoms with Crippen LogP contribution in [0, 0.1) is 11.3 Å². The Morgan fingerprint density at radius 2 is 1.80 bits per heavy atom. The van der Waals surface area contributed by atoms with Gasteiger partial charge in [0, 0.05) is 6.42 Å². The van der Waals surface area contributed by atoms with Crippen molar-refractivity contribution in [3.63, 3.8) is 0 Å². The number of unbranched alkanes of at least 4 members (excludes halogenated alkanes) is 1. The predicted octanol–water partition coefficient (Wildman–Crippen LogP) is -0.792. The predicted molar refractivity (Wildman–Crippen MR) is 33.2 cm³/mol. The molecule has 0 aromatic rings. The number of hydrogen-bond acceptors (Lipinski definition) is 4. The van der Waals surface area contributed by atoms with E-state index >= 15 is 0 Å². The fourth-order valence-electron chi connectivity index (χ4n) is 0.146. The summed E-state index contributed by atoms with van der Waals surface area (Å²) in [5, 5.41) is 29.3. The summed E-state index contributed by atoms with van der Waals surface area (Å²) in [4.78, 5) is 0. The van der Waals surface area contributed by atoms with Crippen LogP contribution in [0.3, 0.4) is 0 Å². The van der Waals surface area contributed by atoms with E-state index in [1.54, 1.807) is 0 Å². The topological polar surface area (TPSA) is 84.5 Å². The Hall–Kier alpha value is -0.635. The van der Waals surface area contributed by atoms with Gasteiger partial charge in [-0.05, 0) is 6.42 Å². The molecule has 0 aliphatic carbocycles. The van der Waals surface area contributed by atoms with E-state index in [0.717, 1.165) is 0 Å². The summed E-state index contributed by atoms with van der Waals surface area (Å²) in [6.07, 6.45) is 0.729. The van der Waals surface area contributed by atoms with Crippen LogP contribution in [0.4, 0.5) is 4.39 Å². The van der Waals surface area contributed by atoms with Crippen LogP contribution in [0.15, 0.2) is 0 Å². The number of nitriles is 1. The molecule has 58 valence electrons. The maximum Gasteiger partial charge on any atom is 0.631 e. The lowest BCUT2D eigenvalue weighted by atomic mass is 10.3. The van der Waals surface area contributed by atoms with E-state index in [4.69, 9.17) is 20.3 Å². The third-order valence-corrected chi connectivity index (χ3v) is 0.422. The van der Waals surface area contributed by atoms with Gasteiger partial charge in [0.1, 0.15) is 0 Å². The monoisotopic (exact) mass is 149 g/mol. The summed E-state index contributed by atoms with van der Waals surface area (Å²) in [6.45, 7) is -0.367. The highest BCUT2D eigenvalue weighted by Gasteiger charge is 1.92. The largest absolute Gasteiger partial charge is 0.631 e. The van der Waals surface area contributed by atoms with Gasteiger partial charge in [0.2, 0.25) is 0 Å². The van der Waals surface area contributed by atoms with E-state index in [-0.39, 0.29) is 6.67 Å². The molecule has 0 amide bonds. The molecular weight excluding hydrogens is 140 g/mol. The quantitative estimate of drug-likeness (QED) is 0.354. The molecule has 0 aliphatic heterocycles. The molecule has 0 aliphatic rings. The van der Waals surface area contributed by atoms with Crippen LogP contribution < -0.4 is 0 Å². The number of hydrogen-bond donors (Lipinski definition) is 3. The second-order valence-electron chi connectivity index (χ2n) is 1.30. The molecular formula is C4H9BFNO3. The Bertz CT molecular complexity index is 92.2. The molecule has 0 aromatic carbocycles. The van der Waals surface area contributed by atoms with Crippen molar-refractivity contribution in [1.82, 2.24) is 0 Å².